The Labute approximate surface area is 204 Å². The van der Waals surface area contributed by atoms with Crippen LogP contribution >= 0.6 is 11.8 Å². The second-order valence-electron chi connectivity index (χ2n) is 7.49. The minimum Gasteiger partial charge on any atom is -0.497 e. The summed E-state index contributed by atoms with van der Waals surface area (Å²) in [4.78, 5) is 4.43. The molecule has 5 rings (SSSR count). The maximum absolute atomic E-state index is 13.9. The van der Waals surface area contributed by atoms with E-state index in [9.17, 15) is 8.78 Å². The first-order valence-electron chi connectivity index (χ1n) is 10.7. The molecule has 3 aromatic carbocycles. The molecule has 0 aliphatic heterocycles. The molecular formula is C25H21F2N5O2S. The summed E-state index contributed by atoms with van der Waals surface area (Å²) in [5.74, 6) is 2.36. The smallest absolute Gasteiger partial charge is 0.320 e. The van der Waals surface area contributed by atoms with Gasteiger partial charge in [-0.3, -0.25) is 9.13 Å². The summed E-state index contributed by atoms with van der Waals surface area (Å²) in [5.41, 5.74) is 2.46. The molecule has 2 heterocycles. The highest BCUT2D eigenvalue weighted by Gasteiger charge is 2.22. The number of aromatic nitrogens is 5. The first-order valence-corrected chi connectivity index (χ1v) is 11.7. The molecule has 178 valence electrons. The van der Waals surface area contributed by atoms with Gasteiger partial charge in [-0.05, 0) is 48.5 Å². The zero-order valence-corrected chi connectivity index (χ0v) is 19.7. The van der Waals surface area contributed by atoms with Crippen molar-refractivity contribution in [2.24, 2.45) is 0 Å². The van der Waals surface area contributed by atoms with E-state index in [1.165, 1.54) is 11.8 Å². The molecule has 0 saturated heterocycles. The van der Waals surface area contributed by atoms with Gasteiger partial charge in [-0.1, -0.05) is 36.0 Å². The minimum absolute atomic E-state index is 0.180. The molecule has 0 spiro atoms. The van der Waals surface area contributed by atoms with Crippen LogP contribution in [0.1, 0.15) is 12.4 Å². The van der Waals surface area contributed by atoms with E-state index in [4.69, 9.17) is 9.47 Å². The average molecular weight is 494 g/mol. The van der Waals surface area contributed by atoms with Gasteiger partial charge in [0.1, 0.15) is 17.3 Å². The molecule has 35 heavy (non-hydrogen) atoms. The van der Waals surface area contributed by atoms with E-state index >= 15 is 0 Å². The Balaban J connectivity index is 1.57. The monoisotopic (exact) mass is 493 g/mol. The maximum atomic E-state index is 13.9. The Bertz CT molecular complexity index is 1470. The topological polar surface area (TPSA) is 67.0 Å². The van der Waals surface area contributed by atoms with E-state index in [1.807, 2.05) is 53.1 Å². The quantitative estimate of drug-likeness (QED) is 0.248. The average Bonchev–Trinajstić information content (AvgIpc) is 3.48. The van der Waals surface area contributed by atoms with Crippen LogP contribution in [0.2, 0.25) is 0 Å². The van der Waals surface area contributed by atoms with Gasteiger partial charge in [0.15, 0.2) is 11.0 Å². The van der Waals surface area contributed by atoms with Crippen LogP contribution < -0.4 is 9.47 Å². The molecule has 0 bridgehead atoms. The number of halogens is 2. The SMILES string of the molecule is COc1ccc(-n2c(SCc3nc4ccccc4n3C(F)F)nnc2-c2ccccc2OC)cc1. The van der Waals surface area contributed by atoms with Gasteiger partial charge in [-0.15, -0.1) is 10.2 Å². The van der Waals surface area contributed by atoms with E-state index in [2.05, 4.69) is 15.2 Å². The van der Waals surface area contributed by atoms with Gasteiger partial charge in [-0.25, -0.2) is 4.98 Å². The molecule has 10 heteroatoms. The standard InChI is InChI=1S/C25H21F2N5O2S/c1-33-17-13-11-16(12-14-17)31-23(18-7-3-6-10-21(18)34-2)29-30-25(31)35-15-22-28-19-8-4-5-9-20(19)32(22)24(26)27/h3-14,24H,15H2,1-2H3. The van der Waals surface area contributed by atoms with E-state index < -0.39 is 6.55 Å². The summed E-state index contributed by atoms with van der Waals surface area (Å²) in [5, 5.41) is 9.36. The predicted molar refractivity (Wildman–Crippen MR) is 130 cm³/mol. The fraction of sp³-hybridized carbons (Fsp3) is 0.160. The normalized spacial score (nSPS) is 11.3. The van der Waals surface area contributed by atoms with Crippen LogP contribution in [0.15, 0.2) is 78.0 Å². The fourth-order valence-electron chi connectivity index (χ4n) is 3.87. The van der Waals surface area contributed by atoms with Crippen molar-refractivity contribution in [1.82, 2.24) is 24.3 Å². The van der Waals surface area contributed by atoms with Crippen LogP contribution in [-0.2, 0) is 5.75 Å². The molecule has 5 aromatic rings. The summed E-state index contributed by atoms with van der Waals surface area (Å²) in [6, 6.07) is 21.8. The Kier molecular flexibility index (Phi) is 6.37. The molecule has 0 atom stereocenters. The molecule has 0 radical (unpaired) electrons. The lowest BCUT2D eigenvalue weighted by Gasteiger charge is -2.13. The first-order chi connectivity index (χ1) is 17.1. The van der Waals surface area contributed by atoms with Crippen molar-refractivity contribution in [3.05, 3.63) is 78.6 Å². The number of hydrogen-bond donors (Lipinski definition) is 0. The van der Waals surface area contributed by atoms with Crippen molar-refractivity contribution in [3.63, 3.8) is 0 Å². The lowest BCUT2D eigenvalue weighted by Crippen LogP contribution is -2.04. The molecule has 0 fully saturated rings. The molecule has 0 amide bonds. The van der Waals surface area contributed by atoms with E-state index in [0.717, 1.165) is 15.8 Å². The van der Waals surface area contributed by atoms with Gasteiger partial charge in [0.05, 0.1) is 42.3 Å². The molecule has 2 aromatic heterocycles. The van der Waals surface area contributed by atoms with Gasteiger partial charge < -0.3 is 9.47 Å². The number of alkyl halides is 2. The van der Waals surface area contributed by atoms with Crippen LogP contribution in [0, 0.1) is 0 Å². The Morgan fingerprint density at radius 2 is 1.63 bits per heavy atom. The van der Waals surface area contributed by atoms with Crippen LogP contribution in [0.3, 0.4) is 0 Å². The van der Waals surface area contributed by atoms with Crippen molar-refractivity contribution in [2.45, 2.75) is 17.5 Å². The summed E-state index contributed by atoms with van der Waals surface area (Å²) in [7, 11) is 3.20. The molecule has 0 aliphatic carbocycles. The number of nitrogens with zero attached hydrogens (tertiary/aromatic N) is 5. The van der Waals surface area contributed by atoms with Gasteiger partial charge in [0.25, 0.3) is 0 Å². The second kappa shape index (κ2) is 9.75. The van der Waals surface area contributed by atoms with Gasteiger partial charge in [0, 0.05) is 0 Å². The zero-order chi connectivity index (χ0) is 24.4. The van der Waals surface area contributed by atoms with E-state index in [1.54, 1.807) is 38.5 Å². The van der Waals surface area contributed by atoms with E-state index in [-0.39, 0.29) is 11.6 Å². The van der Waals surface area contributed by atoms with Gasteiger partial charge in [-0.2, -0.15) is 8.78 Å². The zero-order valence-electron chi connectivity index (χ0n) is 18.9. The highest BCUT2D eigenvalue weighted by molar-refractivity contribution is 7.98. The number of benzene rings is 3. The third kappa shape index (κ3) is 4.32. The van der Waals surface area contributed by atoms with Crippen LogP contribution in [0.4, 0.5) is 8.78 Å². The lowest BCUT2D eigenvalue weighted by atomic mass is 10.2. The third-order valence-corrected chi connectivity index (χ3v) is 6.43. The van der Waals surface area contributed by atoms with Crippen molar-refractivity contribution < 1.29 is 18.3 Å². The molecule has 0 unspecified atom stereocenters. The van der Waals surface area contributed by atoms with Gasteiger partial charge in [0.2, 0.25) is 0 Å². The summed E-state index contributed by atoms with van der Waals surface area (Å²) >= 11 is 1.28. The van der Waals surface area contributed by atoms with Crippen molar-refractivity contribution in [1.29, 1.82) is 0 Å². The number of rotatable bonds is 8. The fourth-order valence-corrected chi connectivity index (χ4v) is 4.76. The predicted octanol–water partition coefficient (Wildman–Crippen LogP) is 5.99. The minimum atomic E-state index is -2.71. The van der Waals surface area contributed by atoms with Gasteiger partial charge >= 0.3 is 6.55 Å². The van der Waals surface area contributed by atoms with Crippen LogP contribution in [-0.4, -0.2) is 38.5 Å². The number of methoxy groups -OCH3 is 2. The summed E-state index contributed by atoms with van der Waals surface area (Å²) in [6.07, 6.45) is 0. The Morgan fingerprint density at radius 3 is 2.37 bits per heavy atom. The van der Waals surface area contributed by atoms with E-state index in [0.29, 0.717) is 33.5 Å². The molecular weight excluding hydrogens is 472 g/mol. The number of imidazole rings is 1. The number of fused-ring (bicyclic) bond motifs is 1. The number of thioether (sulfide) groups is 1. The summed E-state index contributed by atoms with van der Waals surface area (Å²) in [6.45, 7) is -2.71. The highest BCUT2D eigenvalue weighted by Crippen LogP contribution is 2.35. The first kappa shape index (κ1) is 22.9. The van der Waals surface area contributed by atoms with Crippen LogP contribution in [0.5, 0.6) is 11.5 Å². The van der Waals surface area contributed by atoms with Crippen molar-refractivity contribution in [3.8, 4) is 28.6 Å². The van der Waals surface area contributed by atoms with Crippen molar-refractivity contribution in [2.75, 3.05) is 14.2 Å². The maximum Gasteiger partial charge on any atom is 0.320 e. The second-order valence-corrected chi connectivity index (χ2v) is 8.44. The number of para-hydroxylation sites is 3. The molecule has 0 N–H and O–H groups in total. The lowest BCUT2D eigenvalue weighted by molar-refractivity contribution is 0.0722. The number of hydrogen-bond acceptors (Lipinski definition) is 6. The highest BCUT2D eigenvalue weighted by atomic mass is 32.2. The molecule has 0 aliphatic rings. The Hall–Kier alpha value is -3.92. The summed E-state index contributed by atoms with van der Waals surface area (Å²) < 4.78 is 41.4. The van der Waals surface area contributed by atoms with Crippen molar-refractivity contribution >= 4 is 22.8 Å². The third-order valence-electron chi connectivity index (χ3n) is 5.51. The number of ether oxygens (including phenoxy) is 2. The molecule has 7 nitrogen and oxygen atoms in total. The van der Waals surface area contributed by atoms with Crippen LogP contribution in [0.25, 0.3) is 28.1 Å². The molecule has 0 saturated carbocycles. The Morgan fingerprint density at radius 1 is 0.886 bits per heavy atom. The largest absolute Gasteiger partial charge is 0.497 e.